The first-order valence-corrected chi connectivity index (χ1v) is 5.04. The molecule has 2 aromatic rings. The zero-order valence-electron chi connectivity index (χ0n) is 9.35. The Balaban J connectivity index is 2.57. The molecule has 0 atom stereocenters. The highest BCUT2D eigenvalue weighted by molar-refractivity contribution is 5.90. The summed E-state index contributed by atoms with van der Waals surface area (Å²) in [4.78, 5) is 28.2. The van der Waals surface area contributed by atoms with Crippen molar-refractivity contribution in [1.82, 2.24) is 9.97 Å². The Morgan fingerprint density at radius 2 is 2.00 bits per heavy atom. The Hall–Kier alpha value is -3.03. The number of aromatic carboxylic acids is 1. The molecule has 0 unspecified atom stereocenters. The van der Waals surface area contributed by atoms with E-state index in [0.717, 1.165) is 6.20 Å². The van der Waals surface area contributed by atoms with Gasteiger partial charge in [-0.15, -0.1) is 0 Å². The molecule has 1 heterocycles. The predicted octanol–water partition coefficient (Wildman–Crippen LogP) is 1.46. The maximum absolute atomic E-state index is 10.8. The number of hydrogen-bond donors (Lipinski definition) is 2. The maximum Gasteiger partial charge on any atom is 0.342 e. The lowest BCUT2D eigenvalue weighted by molar-refractivity contribution is -0.384. The summed E-state index contributed by atoms with van der Waals surface area (Å²) in [5.41, 5.74) is -0.605. The largest absolute Gasteiger partial charge is 0.493 e. The smallest absolute Gasteiger partial charge is 0.342 e. The molecule has 0 saturated heterocycles. The number of aromatic nitrogens is 2. The minimum absolute atomic E-state index is 0.0970. The van der Waals surface area contributed by atoms with Gasteiger partial charge in [-0.25, -0.2) is 9.78 Å². The first-order valence-electron chi connectivity index (χ1n) is 5.04. The number of rotatable bonds is 3. The molecule has 0 aliphatic carbocycles. The number of benzene rings is 1. The van der Waals surface area contributed by atoms with Gasteiger partial charge in [0.15, 0.2) is 5.82 Å². The van der Waals surface area contributed by atoms with Gasteiger partial charge in [0.1, 0.15) is 5.56 Å². The third-order valence-electron chi connectivity index (χ3n) is 2.34. The fourth-order valence-corrected chi connectivity index (χ4v) is 1.48. The molecule has 96 valence electrons. The highest BCUT2D eigenvalue weighted by Gasteiger charge is 2.19. The molecule has 0 aliphatic rings. The van der Waals surface area contributed by atoms with Crippen LogP contribution in [0.1, 0.15) is 10.4 Å². The molecule has 8 heteroatoms. The van der Waals surface area contributed by atoms with Crippen LogP contribution in [0.2, 0.25) is 0 Å². The molecular weight excluding hydrogens is 254 g/mol. The van der Waals surface area contributed by atoms with E-state index in [0.29, 0.717) is 0 Å². The van der Waals surface area contributed by atoms with Crippen LogP contribution < -0.4 is 0 Å². The number of carboxylic acid groups (broad SMARTS) is 1. The zero-order chi connectivity index (χ0) is 14.0. The van der Waals surface area contributed by atoms with Crippen molar-refractivity contribution >= 4 is 11.7 Å². The predicted molar refractivity (Wildman–Crippen MR) is 62.7 cm³/mol. The van der Waals surface area contributed by atoms with Crippen molar-refractivity contribution in [3.05, 3.63) is 46.1 Å². The number of nitro benzene ring substituents is 1. The summed E-state index contributed by atoms with van der Waals surface area (Å²) in [6.07, 6.45) is 0.900. The monoisotopic (exact) mass is 261 g/mol. The summed E-state index contributed by atoms with van der Waals surface area (Å²) in [5.74, 6) is -2.24. The van der Waals surface area contributed by atoms with Gasteiger partial charge < -0.3 is 10.2 Å². The van der Waals surface area contributed by atoms with Gasteiger partial charge >= 0.3 is 5.97 Å². The summed E-state index contributed by atoms with van der Waals surface area (Å²) < 4.78 is 0. The van der Waals surface area contributed by atoms with E-state index in [9.17, 15) is 20.0 Å². The molecule has 19 heavy (non-hydrogen) atoms. The van der Waals surface area contributed by atoms with Crippen LogP contribution in [0.25, 0.3) is 11.4 Å². The van der Waals surface area contributed by atoms with Crippen molar-refractivity contribution in [1.29, 1.82) is 0 Å². The molecule has 0 bridgehead atoms. The maximum atomic E-state index is 10.8. The van der Waals surface area contributed by atoms with Gasteiger partial charge in [0, 0.05) is 12.3 Å². The molecule has 8 nitrogen and oxygen atoms in total. The Morgan fingerprint density at radius 3 is 2.58 bits per heavy atom. The zero-order valence-corrected chi connectivity index (χ0v) is 9.35. The molecule has 1 aromatic heterocycles. The van der Waals surface area contributed by atoms with Crippen molar-refractivity contribution in [2.75, 3.05) is 0 Å². The lowest BCUT2D eigenvalue weighted by Crippen LogP contribution is -2.02. The van der Waals surface area contributed by atoms with Crippen molar-refractivity contribution < 1.29 is 19.9 Å². The second kappa shape index (κ2) is 4.69. The molecule has 2 rings (SSSR count). The van der Waals surface area contributed by atoms with Crippen LogP contribution in [0.5, 0.6) is 5.88 Å². The van der Waals surface area contributed by atoms with Crippen LogP contribution in [-0.4, -0.2) is 31.1 Å². The van der Waals surface area contributed by atoms with E-state index in [4.69, 9.17) is 5.11 Å². The van der Waals surface area contributed by atoms with Gasteiger partial charge in [-0.3, -0.25) is 10.1 Å². The Bertz CT molecular complexity index is 671. The standard InChI is InChI=1S/C11H7N3O5/c15-10-7(11(16)17)5-12-9(13-10)6-3-1-2-4-8(6)14(18)19/h1-5H,(H,16,17)(H,12,13,15). The highest BCUT2D eigenvalue weighted by Crippen LogP contribution is 2.28. The fourth-order valence-electron chi connectivity index (χ4n) is 1.48. The van der Waals surface area contributed by atoms with Gasteiger partial charge in [0.25, 0.3) is 5.69 Å². The van der Waals surface area contributed by atoms with Gasteiger partial charge in [0.2, 0.25) is 5.88 Å². The minimum Gasteiger partial charge on any atom is -0.493 e. The summed E-state index contributed by atoms with van der Waals surface area (Å²) in [5, 5.41) is 29.0. The Morgan fingerprint density at radius 1 is 1.32 bits per heavy atom. The third kappa shape index (κ3) is 2.32. The van der Waals surface area contributed by atoms with Crippen LogP contribution in [0, 0.1) is 10.1 Å². The highest BCUT2D eigenvalue weighted by atomic mass is 16.6. The van der Waals surface area contributed by atoms with Crippen LogP contribution >= 0.6 is 0 Å². The molecule has 0 saturated carbocycles. The molecule has 0 aliphatic heterocycles. The first-order chi connectivity index (χ1) is 9.00. The van der Waals surface area contributed by atoms with E-state index in [1.807, 2.05) is 0 Å². The van der Waals surface area contributed by atoms with E-state index in [2.05, 4.69) is 9.97 Å². The Labute approximate surface area is 106 Å². The normalized spacial score (nSPS) is 10.1. The summed E-state index contributed by atoms with van der Waals surface area (Å²) >= 11 is 0. The van der Waals surface area contributed by atoms with E-state index in [1.54, 1.807) is 6.07 Å². The van der Waals surface area contributed by atoms with E-state index < -0.39 is 22.3 Å². The van der Waals surface area contributed by atoms with Crippen molar-refractivity contribution in [2.45, 2.75) is 0 Å². The molecule has 0 amide bonds. The second-order valence-electron chi connectivity index (χ2n) is 3.51. The van der Waals surface area contributed by atoms with Crippen LogP contribution in [0.4, 0.5) is 5.69 Å². The third-order valence-corrected chi connectivity index (χ3v) is 2.34. The molecule has 2 N–H and O–H groups in total. The quantitative estimate of drug-likeness (QED) is 0.632. The van der Waals surface area contributed by atoms with Crippen molar-refractivity contribution in [3.8, 4) is 17.3 Å². The number of nitro groups is 1. The average molecular weight is 261 g/mol. The molecule has 0 radical (unpaired) electrons. The molecule has 1 aromatic carbocycles. The topological polar surface area (TPSA) is 126 Å². The van der Waals surface area contributed by atoms with E-state index >= 15 is 0 Å². The SMILES string of the molecule is O=C(O)c1cnc(-c2ccccc2[N+](=O)[O-])nc1O. The number of para-hydroxylation sites is 1. The molecule has 0 fully saturated rings. The lowest BCUT2D eigenvalue weighted by atomic mass is 10.1. The minimum atomic E-state index is -1.38. The van der Waals surface area contributed by atoms with Crippen LogP contribution in [0.3, 0.4) is 0 Å². The number of carbonyl (C=O) groups is 1. The van der Waals surface area contributed by atoms with E-state index in [-0.39, 0.29) is 17.1 Å². The second-order valence-corrected chi connectivity index (χ2v) is 3.51. The van der Waals surface area contributed by atoms with Gasteiger partial charge in [-0.05, 0) is 6.07 Å². The summed E-state index contributed by atoms with van der Waals surface area (Å²) in [7, 11) is 0. The van der Waals surface area contributed by atoms with Crippen molar-refractivity contribution in [2.24, 2.45) is 0 Å². The summed E-state index contributed by atoms with van der Waals surface area (Å²) in [6, 6.07) is 5.70. The van der Waals surface area contributed by atoms with Gasteiger partial charge in [-0.2, -0.15) is 4.98 Å². The van der Waals surface area contributed by atoms with E-state index in [1.165, 1.54) is 18.2 Å². The fraction of sp³-hybridized carbons (Fsp3) is 0. The molecular formula is C11H7N3O5. The number of nitrogens with zero attached hydrogens (tertiary/aromatic N) is 3. The van der Waals surface area contributed by atoms with Crippen molar-refractivity contribution in [3.63, 3.8) is 0 Å². The first kappa shape index (κ1) is 12.4. The van der Waals surface area contributed by atoms with Crippen LogP contribution in [0.15, 0.2) is 30.5 Å². The lowest BCUT2D eigenvalue weighted by Gasteiger charge is -2.03. The van der Waals surface area contributed by atoms with Crippen LogP contribution in [-0.2, 0) is 0 Å². The number of aromatic hydroxyl groups is 1. The molecule has 0 spiro atoms. The number of carboxylic acids is 1. The Kier molecular flexibility index (Phi) is 3.06. The average Bonchev–Trinajstić information content (AvgIpc) is 2.38. The number of hydrogen-bond acceptors (Lipinski definition) is 6. The van der Waals surface area contributed by atoms with Gasteiger partial charge in [-0.1, -0.05) is 12.1 Å². The van der Waals surface area contributed by atoms with Gasteiger partial charge in [0.05, 0.1) is 10.5 Å². The summed E-state index contributed by atoms with van der Waals surface area (Å²) in [6.45, 7) is 0.